The van der Waals surface area contributed by atoms with E-state index >= 15 is 0 Å². The minimum absolute atomic E-state index is 0. The summed E-state index contributed by atoms with van der Waals surface area (Å²) in [5.74, 6) is 1.77. The Kier molecular flexibility index (Phi) is 8.81. The normalized spacial score (nSPS) is 18.6. The van der Waals surface area contributed by atoms with Crippen LogP contribution in [0.3, 0.4) is 0 Å². The SMILES string of the molecule is CC(C(=O)NCc1ccnc(N2CCCCC2)c1)C1CNC1.Cl.Cl. The molecule has 1 aromatic rings. The van der Waals surface area contributed by atoms with Crippen molar-refractivity contribution in [3.8, 4) is 0 Å². The molecule has 0 aromatic carbocycles. The van der Waals surface area contributed by atoms with Crippen LogP contribution in [0.5, 0.6) is 0 Å². The number of amides is 1. The Morgan fingerprint density at radius 2 is 2.04 bits per heavy atom. The predicted octanol–water partition coefficient (Wildman–Crippen LogP) is 2.39. The van der Waals surface area contributed by atoms with Gasteiger partial charge in [0.1, 0.15) is 5.82 Å². The first kappa shape index (κ1) is 21.0. The quantitative estimate of drug-likeness (QED) is 0.830. The molecule has 0 radical (unpaired) electrons. The van der Waals surface area contributed by atoms with E-state index in [9.17, 15) is 4.79 Å². The van der Waals surface area contributed by atoms with E-state index < -0.39 is 0 Å². The molecule has 1 unspecified atom stereocenters. The molecule has 0 bridgehead atoms. The summed E-state index contributed by atoms with van der Waals surface area (Å²) in [5, 5.41) is 6.29. The lowest BCUT2D eigenvalue weighted by Gasteiger charge is -2.31. The number of nitrogens with zero attached hydrogens (tertiary/aromatic N) is 2. The van der Waals surface area contributed by atoms with Crippen molar-refractivity contribution >= 4 is 36.5 Å². The maximum absolute atomic E-state index is 12.2. The maximum Gasteiger partial charge on any atom is 0.223 e. The van der Waals surface area contributed by atoms with Crippen molar-refractivity contribution in [1.82, 2.24) is 15.6 Å². The van der Waals surface area contributed by atoms with Gasteiger partial charge in [0.2, 0.25) is 5.91 Å². The van der Waals surface area contributed by atoms with E-state index in [1.807, 2.05) is 19.2 Å². The number of aromatic nitrogens is 1. The van der Waals surface area contributed by atoms with Gasteiger partial charge in [-0.05, 0) is 56.0 Å². The van der Waals surface area contributed by atoms with Crippen molar-refractivity contribution in [3.63, 3.8) is 0 Å². The Labute approximate surface area is 156 Å². The van der Waals surface area contributed by atoms with Gasteiger partial charge < -0.3 is 15.5 Å². The molecule has 5 nitrogen and oxygen atoms in total. The van der Waals surface area contributed by atoms with Gasteiger partial charge in [-0.1, -0.05) is 6.92 Å². The summed E-state index contributed by atoms with van der Waals surface area (Å²) in [6.07, 6.45) is 5.66. The lowest BCUT2D eigenvalue weighted by Crippen LogP contribution is -2.49. The Bertz CT molecular complexity index is 519. The van der Waals surface area contributed by atoms with Gasteiger partial charge >= 0.3 is 0 Å². The van der Waals surface area contributed by atoms with Crippen molar-refractivity contribution in [3.05, 3.63) is 23.9 Å². The summed E-state index contributed by atoms with van der Waals surface area (Å²) in [5.41, 5.74) is 1.13. The molecule has 1 amide bonds. The number of rotatable bonds is 5. The van der Waals surface area contributed by atoms with Crippen molar-refractivity contribution in [1.29, 1.82) is 0 Å². The van der Waals surface area contributed by atoms with Gasteiger partial charge in [0.05, 0.1) is 0 Å². The first-order valence-corrected chi connectivity index (χ1v) is 8.42. The third kappa shape index (κ3) is 5.23. The number of piperidine rings is 1. The third-order valence-electron chi connectivity index (χ3n) is 4.89. The molecular formula is C17H28Cl2N4O. The molecule has 2 saturated heterocycles. The van der Waals surface area contributed by atoms with Gasteiger partial charge in [0, 0.05) is 31.7 Å². The number of anilines is 1. The van der Waals surface area contributed by atoms with Crippen LogP contribution < -0.4 is 15.5 Å². The molecule has 2 N–H and O–H groups in total. The van der Waals surface area contributed by atoms with Crippen LogP contribution in [0.2, 0.25) is 0 Å². The second-order valence-corrected chi connectivity index (χ2v) is 6.49. The standard InChI is InChI=1S/C17H26N4O.2ClH/c1-13(15-11-18-12-15)17(22)20-10-14-5-6-19-16(9-14)21-7-3-2-4-8-21;;/h5-6,9,13,15,18H,2-4,7-8,10-12H2,1H3,(H,20,22);2*1H. The smallest absolute Gasteiger partial charge is 0.223 e. The number of pyridine rings is 1. The number of carbonyl (C=O) groups is 1. The van der Waals surface area contributed by atoms with Crippen molar-refractivity contribution in [2.24, 2.45) is 11.8 Å². The second kappa shape index (κ2) is 10.1. The molecule has 0 saturated carbocycles. The van der Waals surface area contributed by atoms with Crippen molar-refractivity contribution in [2.75, 3.05) is 31.1 Å². The van der Waals surface area contributed by atoms with E-state index in [2.05, 4.69) is 26.6 Å². The molecule has 3 rings (SSSR count). The lowest BCUT2D eigenvalue weighted by molar-refractivity contribution is -0.126. The van der Waals surface area contributed by atoms with Gasteiger partial charge in [-0.25, -0.2) is 4.98 Å². The summed E-state index contributed by atoms with van der Waals surface area (Å²) in [4.78, 5) is 19.0. The molecule has 7 heteroatoms. The second-order valence-electron chi connectivity index (χ2n) is 6.49. The number of hydrogen-bond donors (Lipinski definition) is 2. The average molecular weight is 375 g/mol. The molecule has 1 aromatic heterocycles. The highest BCUT2D eigenvalue weighted by Crippen LogP contribution is 2.19. The van der Waals surface area contributed by atoms with Crippen LogP contribution in [-0.4, -0.2) is 37.1 Å². The highest BCUT2D eigenvalue weighted by Gasteiger charge is 2.28. The fourth-order valence-electron chi connectivity index (χ4n) is 3.10. The Morgan fingerprint density at radius 1 is 1.33 bits per heavy atom. The van der Waals surface area contributed by atoms with Gasteiger partial charge in [0.25, 0.3) is 0 Å². The summed E-state index contributed by atoms with van der Waals surface area (Å²) < 4.78 is 0. The largest absolute Gasteiger partial charge is 0.357 e. The molecular weight excluding hydrogens is 347 g/mol. The number of nitrogens with one attached hydrogen (secondary N) is 2. The molecule has 0 aliphatic carbocycles. The van der Waals surface area contributed by atoms with Gasteiger partial charge in [-0.15, -0.1) is 24.8 Å². The van der Waals surface area contributed by atoms with Crippen LogP contribution in [0.15, 0.2) is 18.3 Å². The zero-order valence-electron chi connectivity index (χ0n) is 14.2. The van der Waals surface area contributed by atoms with Crippen molar-refractivity contribution in [2.45, 2.75) is 32.7 Å². The molecule has 24 heavy (non-hydrogen) atoms. The molecule has 2 aliphatic heterocycles. The predicted molar refractivity (Wildman–Crippen MR) is 102 cm³/mol. The van der Waals surface area contributed by atoms with E-state index in [1.165, 1.54) is 19.3 Å². The fourth-order valence-corrected chi connectivity index (χ4v) is 3.10. The minimum atomic E-state index is 0. The first-order valence-electron chi connectivity index (χ1n) is 8.42. The average Bonchev–Trinajstić information content (AvgIpc) is 2.52. The van der Waals surface area contributed by atoms with Gasteiger partial charge in [-0.3, -0.25) is 4.79 Å². The van der Waals surface area contributed by atoms with Crippen LogP contribution in [0.1, 0.15) is 31.7 Å². The van der Waals surface area contributed by atoms with Gasteiger partial charge in [0.15, 0.2) is 0 Å². The fraction of sp³-hybridized carbons (Fsp3) is 0.647. The summed E-state index contributed by atoms with van der Waals surface area (Å²) in [7, 11) is 0. The number of halogens is 2. The third-order valence-corrected chi connectivity index (χ3v) is 4.89. The summed E-state index contributed by atoms with van der Waals surface area (Å²) in [6, 6.07) is 4.10. The monoisotopic (exact) mass is 374 g/mol. The van der Waals surface area contributed by atoms with Crippen molar-refractivity contribution < 1.29 is 4.79 Å². The first-order chi connectivity index (χ1) is 10.7. The number of carbonyl (C=O) groups excluding carboxylic acids is 1. The zero-order valence-corrected chi connectivity index (χ0v) is 15.8. The molecule has 3 heterocycles. The van der Waals surface area contributed by atoms with Crippen LogP contribution in [0.4, 0.5) is 5.82 Å². The van der Waals surface area contributed by atoms with E-state index in [0.29, 0.717) is 12.5 Å². The minimum Gasteiger partial charge on any atom is -0.357 e. The topological polar surface area (TPSA) is 57.3 Å². The number of hydrogen-bond acceptors (Lipinski definition) is 4. The molecule has 0 spiro atoms. The summed E-state index contributed by atoms with van der Waals surface area (Å²) >= 11 is 0. The highest BCUT2D eigenvalue weighted by molar-refractivity contribution is 5.85. The van der Waals surface area contributed by atoms with Crippen LogP contribution in [0.25, 0.3) is 0 Å². The molecule has 136 valence electrons. The zero-order chi connectivity index (χ0) is 15.4. The summed E-state index contributed by atoms with van der Waals surface area (Å²) in [6.45, 7) is 6.72. The van der Waals surface area contributed by atoms with E-state index in [4.69, 9.17) is 0 Å². The van der Waals surface area contributed by atoms with Gasteiger partial charge in [-0.2, -0.15) is 0 Å². The Balaban J connectivity index is 0.00000144. The Hall–Kier alpha value is -1.04. The highest BCUT2D eigenvalue weighted by atomic mass is 35.5. The van der Waals surface area contributed by atoms with E-state index in [1.54, 1.807) is 0 Å². The van der Waals surface area contributed by atoms with Crippen LogP contribution >= 0.6 is 24.8 Å². The lowest BCUT2D eigenvalue weighted by atomic mass is 9.88. The van der Waals surface area contributed by atoms with E-state index in [0.717, 1.165) is 37.6 Å². The maximum atomic E-state index is 12.2. The molecule has 2 aliphatic rings. The molecule has 1 atom stereocenters. The van der Waals surface area contributed by atoms with Crippen LogP contribution in [0, 0.1) is 11.8 Å². The van der Waals surface area contributed by atoms with Crippen LogP contribution in [-0.2, 0) is 11.3 Å². The van der Waals surface area contributed by atoms with E-state index in [-0.39, 0.29) is 36.6 Å². The molecule has 2 fully saturated rings. The Morgan fingerprint density at radius 3 is 2.67 bits per heavy atom.